The minimum atomic E-state index is -0.664. The number of nitrogens with zero attached hydrogens (tertiary/aromatic N) is 2. The van der Waals surface area contributed by atoms with Gasteiger partial charge in [0.2, 0.25) is 5.71 Å². The average Bonchev–Trinajstić information content (AvgIpc) is 2.89. The van der Waals surface area contributed by atoms with Gasteiger partial charge in [-0.3, -0.25) is 4.79 Å². The monoisotopic (exact) mass is 366 g/mol. The third-order valence-corrected chi connectivity index (χ3v) is 4.25. The lowest BCUT2D eigenvalue weighted by molar-refractivity contribution is 0.0472. The molecule has 1 aromatic carbocycles. The van der Waals surface area contributed by atoms with Crippen LogP contribution >= 0.6 is 23.2 Å². The fourth-order valence-electron chi connectivity index (χ4n) is 2.28. The van der Waals surface area contributed by atoms with Crippen molar-refractivity contribution in [1.82, 2.24) is 9.55 Å². The molecule has 0 saturated carbocycles. The molecular formula is C16H12Cl2N2O4. The second kappa shape index (κ2) is 6.30. The number of halogens is 2. The molecule has 0 bridgehead atoms. The summed E-state index contributed by atoms with van der Waals surface area (Å²) >= 11 is 11.8. The maximum atomic E-state index is 12.4. The van der Waals surface area contributed by atoms with Crippen LogP contribution in [0.4, 0.5) is 0 Å². The van der Waals surface area contributed by atoms with Crippen LogP contribution in [0.2, 0.25) is 10.0 Å². The Bertz CT molecular complexity index is 1010. The maximum absolute atomic E-state index is 12.4. The molecule has 2 aromatic heterocycles. The van der Waals surface area contributed by atoms with Crippen LogP contribution in [0.5, 0.6) is 0 Å². The summed E-state index contributed by atoms with van der Waals surface area (Å²) in [7, 11) is 1.54. The van der Waals surface area contributed by atoms with E-state index in [9.17, 15) is 9.59 Å². The SMILES string of the molecule is Cc1oc2ncn(C)c(=O)c2c1C(=O)OCc1ccc(Cl)c(Cl)c1. The summed E-state index contributed by atoms with van der Waals surface area (Å²) < 4.78 is 11.9. The maximum Gasteiger partial charge on any atom is 0.342 e. The van der Waals surface area contributed by atoms with E-state index in [4.69, 9.17) is 32.4 Å². The Labute approximate surface area is 146 Å². The number of benzene rings is 1. The lowest BCUT2D eigenvalue weighted by Gasteiger charge is -2.06. The standard InChI is InChI=1S/C16H12Cl2N2O4/c1-8-12(13-14(24-8)19-7-20(2)15(13)21)16(22)23-6-9-3-4-10(17)11(18)5-9/h3-5,7H,6H2,1-2H3. The van der Waals surface area contributed by atoms with Crippen molar-refractivity contribution < 1.29 is 13.9 Å². The number of aromatic nitrogens is 2. The number of rotatable bonds is 3. The van der Waals surface area contributed by atoms with E-state index in [1.54, 1.807) is 32.2 Å². The molecule has 6 nitrogen and oxygen atoms in total. The van der Waals surface area contributed by atoms with Gasteiger partial charge in [0.05, 0.1) is 10.0 Å². The molecule has 0 spiro atoms. The van der Waals surface area contributed by atoms with Gasteiger partial charge in [-0.05, 0) is 24.6 Å². The van der Waals surface area contributed by atoms with E-state index in [1.165, 1.54) is 10.9 Å². The number of furan rings is 1. The highest BCUT2D eigenvalue weighted by Gasteiger charge is 2.23. The van der Waals surface area contributed by atoms with E-state index in [-0.39, 0.29) is 34.6 Å². The van der Waals surface area contributed by atoms with Gasteiger partial charge in [0.15, 0.2) is 0 Å². The largest absolute Gasteiger partial charge is 0.457 e. The van der Waals surface area contributed by atoms with Gasteiger partial charge in [0, 0.05) is 7.05 Å². The zero-order chi connectivity index (χ0) is 17.4. The van der Waals surface area contributed by atoms with Crippen LogP contribution in [0.25, 0.3) is 11.1 Å². The van der Waals surface area contributed by atoms with Crippen LogP contribution in [0.15, 0.2) is 33.7 Å². The number of aryl methyl sites for hydroxylation is 2. The van der Waals surface area contributed by atoms with Crippen molar-refractivity contribution in [2.75, 3.05) is 0 Å². The molecule has 0 unspecified atom stereocenters. The highest BCUT2D eigenvalue weighted by atomic mass is 35.5. The van der Waals surface area contributed by atoms with Crippen molar-refractivity contribution in [3.63, 3.8) is 0 Å². The smallest absolute Gasteiger partial charge is 0.342 e. The van der Waals surface area contributed by atoms with E-state index < -0.39 is 5.97 Å². The Morgan fingerprint density at radius 2 is 2.08 bits per heavy atom. The lowest BCUT2D eigenvalue weighted by atomic mass is 10.2. The van der Waals surface area contributed by atoms with E-state index in [2.05, 4.69) is 4.98 Å². The predicted octanol–water partition coefficient (Wildman–Crippen LogP) is 3.50. The first-order valence-corrected chi connectivity index (χ1v) is 7.70. The molecule has 0 atom stereocenters. The average molecular weight is 367 g/mol. The quantitative estimate of drug-likeness (QED) is 0.663. The molecule has 0 aliphatic carbocycles. The third-order valence-electron chi connectivity index (χ3n) is 3.51. The molecule has 0 aliphatic heterocycles. The van der Waals surface area contributed by atoms with Crippen LogP contribution < -0.4 is 5.56 Å². The molecular weight excluding hydrogens is 355 g/mol. The van der Waals surface area contributed by atoms with Gasteiger partial charge in [0.1, 0.15) is 29.6 Å². The molecule has 2 heterocycles. The van der Waals surface area contributed by atoms with Gasteiger partial charge in [0.25, 0.3) is 5.56 Å². The number of ether oxygens (including phenoxy) is 1. The summed E-state index contributed by atoms with van der Waals surface area (Å²) in [5.41, 5.74) is 0.489. The first-order valence-electron chi connectivity index (χ1n) is 6.94. The summed E-state index contributed by atoms with van der Waals surface area (Å²) in [4.78, 5) is 28.7. The molecule has 3 rings (SSSR count). The van der Waals surface area contributed by atoms with Crippen molar-refractivity contribution in [3.8, 4) is 0 Å². The van der Waals surface area contributed by atoms with Gasteiger partial charge in [-0.25, -0.2) is 9.78 Å². The predicted molar refractivity (Wildman–Crippen MR) is 89.6 cm³/mol. The van der Waals surface area contributed by atoms with Gasteiger partial charge in [-0.1, -0.05) is 29.3 Å². The number of hydrogen-bond donors (Lipinski definition) is 0. The van der Waals surface area contributed by atoms with Crippen LogP contribution in [-0.2, 0) is 18.4 Å². The van der Waals surface area contributed by atoms with Crippen molar-refractivity contribution >= 4 is 40.3 Å². The van der Waals surface area contributed by atoms with E-state index in [0.717, 1.165) is 0 Å². The Kier molecular flexibility index (Phi) is 4.34. The molecule has 0 aliphatic rings. The van der Waals surface area contributed by atoms with Crippen LogP contribution in [0, 0.1) is 6.92 Å². The molecule has 0 radical (unpaired) electrons. The second-order valence-electron chi connectivity index (χ2n) is 5.20. The number of esters is 1. The zero-order valence-electron chi connectivity index (χ0n) is 12.8. The van der Waals surface area contributed by atoms with Crippen molar-refractivity contribution in [3.05, 3.63) is 61.8 Å². The number of fused-ring (bicyclic) bond motifs is 1. The van der Waals surface area contributed by atoms with Gasteiger partial charge >= 0.3 is 5.97 Å². The molecule has 24 heavy (non-hydrogen) atoms. The molecule has 8 heteroatoms. The Hall–Kier alpha value is -2.31. The Morgan fingerprint density at radius 1 is 1.33 bits per heavy atom. The summed E-state index contributed by atoms with van der Waals surface area (Å²) in [6.07, 6.45) is 1.33. The van der Waals surface area contributed by atoms with Gasteiger partial charge in [-0.15, -0.1) is 0 Å². The summed E-state index contributed by atoms with van der Waals surface area (Å²) in [5, 5.41) is 0.892. The minimum absolute atomic E-state index is 0.0115. The van der Waals surface area contributed by atoms with Crippen molar-refractivity contribution in [2.24, 2.45) is 7.05 Å². The molecule has 124 valence electrons. The highest BCUT2D eigenvalue weighted by Crippen LogP contribution is 2.24. The fourth-order valence-corrected chi connectivity index (χ4v) is 2.60. The van der Waals surface area contributed by atoms with Gasteiger partial charge in [-0.2, -0.15) is 0 Å². The van der Waals surface area contributed by atoms with Crippen LogP contribution in [0.1, 0.15) is 21.7 Å². The van der Waals surface area contributed by atoms with Crippen molar-refractivity contribution in [2.45, 2.75) is 13.5 Å². The van der Waals surface area contributed by atoms with Crippen LogP contribution in [-0.4, -0.2) is 15.5 Å². The van der Waals surface area contributed by atoms with Crippen molar-refractivity contribution in [1.29, 1.82) is 0 Å². The summed E-state index contributed by atoms with van der Waals surface area (Å²) in [6, 6.07) is 4.92. The number of carbonyl (C=O) groups excluding carboxylic acids is 1. The van der Waals surface area contributed by atoms with Crippen LogP contribution in [0.3, 0.4) is 0 Å². The van der Waals surface area contributed by atoms with Gasteiger partial charge < -0.3 is 13.7 Å². The number of hydrogen-bond acceptors (Lipinski definition) is 5. The molecule has 0 fully saturated rings. The van der Waals surface area contributed by atoms with E-state index in [0.29, 0.717) is 15.6 Å². The summed E-state index contributed by atoms with van der Waals surface area (Å²) in [5.74, 6) is -0.387. The first-order chi connectivity index (χ1) is 11.4. The number of carbonyl (C=O) groups is 1. The minimum Gasteiger partial charge on any atom is -0.457 e. The topological polar surface area (TPSA) is 74.3 Å². The fraction of sp³-hybridized carbons (Fsp3) is 0.188. The zero-order valence-corrected chi connectivity index (χ0v) is 14.3. The Morgan fingerprint density at radius 3 is 2.79 bits per heavy atom. The molecule has 0 saturated heterocycles. The Balaban J connectivity index is 1.91. The third kappa shape index (κ3) is 2.90. The second-order valence-corrected chi connectivity index (χ2v) is 6.01. The first kappa shape index (κ1) is 16.5. The molecule has 0 N–H and O–H groups in total. The normalized spacial score (nSPS) is 11.0. The molecule has 3 aromatic rings. The lowest BCUT2D eigenvalue weighted by Crippen LogP contribution is -2.19. The molecule has 0 amide bonds. The van der Waals surface area contributed by atoms with E-state index >= 15 is 0 Å². The summed E-state index contributed by atoms with van der Waals surface area (Å²) in [6.45, 7) is 1.57. The van der Waals surface area contributed by atoms with E-state index in [1.807, 2.05) is 0 Å². The highest BCUT2D eigenvalue weighted by molar-refractivity contribution is 6.42.